The van der Waals surface area contributed by atoms with E-state index in [2.05, 4.69) is 4.98 Å². The third-order valence-corrected chi connectivity index (χ3v) is 7.97. The van der Waals surface area contributed by atoms with Gasteiger partial charge in [-0.2, -0.15) is 13.2 Å². The zero-order chi connectivity index (χ0) is 28.5. The first-order chi connectivity index (χ1) is 18.4. The van der Waals surface area contributed by atoms with E-state index in [1.165, 1.54) is 18.0 Å². The highest BCUT2D eigenvalue weighted by atomic mass is 19.4. The lowest BCUT2D eigenvalue weighted by molar-refractivity contribution is -0.141. The maximum Gasteiger partial charge on any atom is 0.433 e. The molecule has 2 aromatic rings. The lowest BCUT2D eigenvalue weighted by atomic mass is 9.77. The van der Waals surface area contributed by atoms with E-state index in [0.717, 1.165) is 17.2 Å². The SMILES string of the molecule is Cc1cc(CN(C)C(=O)N2CCN3C(=O)C(CCO)(CCO)C[C@H]3[C@@H]2c2ccccc2C)nc(C(F)(F)F)c1. The average molecular weight is 549 g/mol. The largest absolute Gasteiger partial charge is 0.433 e. The molecular formula is C28H35F3N4O4. The number of carbonyl (C=O) groups is 2. The molecular weight excluding hydrogens is 513 g/mol. The maximum atomic E-state index is 13.9. The standard InChI is InChI=1S/C28H35F3N4O4/c1-18-14-20(32-23(15-18)28(29,30)31)17-33(3)26(39)35-11-10-34-22(24(35)21-7-5-4-6-19(21)2)16-27(8-12-36,9-13-37)25(34)38/h4-7,14-15,22,24,36-37H,8-13,16-17H2,1-3H3/t22-,24-/m0/s1. The molecule has 0 radical (unpaired) electrons. The van der Waals surface area contributed by atoms with Crippen molar-refractivity contribution in [3.05, 3.63) is 64.5 Å². The van der Waals surface area contributed by atoms with Crippen molar-refractivity contribution in [2.45, 2.75) is 57.9 Å². The van der Waals surface area contributed by atoms with Gasteiger partial charge in [0.25, 0.3) is 0 Å². The number of alkyl halides is 3. The number of hydrogen-bond donors (Lipinski definition) is 2. The molecule has 3 heterocycles. The summed E-state index contributed by atoms with van der Waals surface area (Å²) in [6.45, 7) is 3.48. The Morgan fingerprint density at radius 3 is 2.41 bits per heavy atom. The molecule has 2 N–H and O–H groups in total. The molecule has 2 atom stereocenters. The van der Waals surface area contributed by atoms with E-state index in [1.54, 1.807) is 16.7 Å². The molecule has 212 valence electrons. The number of aliphatic hydroxyl groups is 2. The van der Waals surface area contributed by atoms with Gasteiger partial charge in [-0.15, -0.1) is 0 Å². The predicted octanol–water partition coefficient (Wildman–Crippen LogP) is 3.68. The maximum absolute atomic E-state index is 13.9. The second-order valence-corrected chi connectivity index (χ2v) is 10.6. The molecule has 8 nitrogen and oxygen atoms in total. The summed E-state index contributed by atoms with van der Waals surface area (Å²) in [7, 11) is 1.53. The number of aryl methyl sites for hydroxylation is 2. The van der Waals surface area contributed by atoms with E-state index in [9.17, 15) is 33.0 Å². The van der Waals surface area contributed by atoms with Crippen LogP contribution in [0.2, 0.25) is 0 Å². The number of aliphatic hydroxyl groups excluding tert-OH is 2. The minimum atomic E-state index is -4.60. The number of piperazine rings is 1. The fourth-order valence-corrected chi connectivity index (χ4v) is 6.14. The van der Waals surface area contributed by atoms with Crippen molar-refractivity contribution in [3.8, 4) is 0 Å². The van der Waals surface area contributed by atoms with Crippen LogP contribution in [0.4, 0.5) is 18.0 Å². The van der Waals surface area contributed by atoms with Crippen molar-refractivity contribution in [2.75, 3.05) is 33.4 Å². The van der Waals surface area contributed by atoms with Crippen molar-refractivity contribution in [1.29, 1.82) is 0 Å². The van der Waals surface area contributed by atoms with Crippen molar-refractivity contribution < 1.29 is 33.0 Å². The third kappa shape index (κ3) is 5.60. The van der Waals surface area contributed by atoms with Gasteiger partial charge in [0, 0.05) is 33.4 Å². The van der Waals surface area contributed by atoms with E-state index >= 15 is 0 Å². The molecule has 3 amide bonds. The second kappa shape index (κ2) is 11.1. The van der Waals surface area contributed by atoms with Gasteiger partial charge >= 0.3 is 12.2 Å². The van der Waals surface area contributed by atoms with Gasteiger partial charge in [-0.1, -0.05) is 24.3 Å². The number of urea groups is 1. The summed E-state index contributed by atoms with van der Waals surface area (Å²) in [5.41, 5.74) is 0.420. The Labute approximate surface area is 226 Å². The fraction of sp³-hybridized carbons (Fsp3) is 0.536. The van der Waals surface area contributed by atoms with Crippen LogP contribution in [0.3, 0.4) is 0 Å². The van der Waals surface area contributed by atoms with E-state index in [1.807, 2.05) is 31.2 Å². The quantitative estimate of drug-likeness (QED) is 0.551. The van der Waals surface area contributed by atoms with Crippen LogP contribution in [-0.2, 0) is 17.5 Å². The van der Waals surface area contributed by atoms with E-state index < -0.39 is 23.3 Å². The monoisotopic (exact) mass is 548 g/mol. The van der Waals surface area contributed by atoms with Gasteiger partial charge in [0.05, 0.1) is 29.7 Å². The number of nitrogens with zero attached hydrogens (tertiary/aromatic N) is 4. The minimum Gasteiger partial charge on any atom is -0.396 e. The lowest BCUT2D eigenvalue weighted by Crippen LogP contribution is -2.57. The van der Waals surface area contributed by atoms with Crippen LogP contribution in [0.25, 0.3) is 0 Å². The molecule has 2 saturated heterocycles. The first kappa shape index (κ1) is 28.8. The number of hydrogen-bond acceptors (Lipinski definition) is 5. The highest BCUT2D eigenvalue weighted by Gasteiger charge is 2.56. The molecule has 1 aromatic heterocycles. The lowest BCUT2D eigenvalue weighted by Gasteiger charge is -2.46. The summed E-state index contributed by atoms with van der Waals surface area (Å²) in [5, 5.41) is 19.5. The van der Waals surface area contributed by atoms with Crippen LogP contribution >= 0.6 is 0 Å². The van der Waals surface area contributed by atoms with Gasteiger partial charge in [-0.3, -0.25) is 4.79 Å². The van der Waals surface area contributed by atoms with Crippen molar-refractivity contribution in [3.63, 3.8) is 0 Å². The normalized spacial score (nSPS) is 20.8. The van der Waals surface area contributed by atoms with Crippen molar-refractivity contribution >= 4 is 11.9 Å². The number of aromatic nitrogens is 1. The molecule has 0 bridgehead atoms. The van der Waals surface area contributed by atoms with Gasteiger partial charge in [0.15, 0.2) is 0 Å². The molecule has 0 saturated carbocycles. The van der Waals surface area contributed by atoms with Gasteiger partial charge in [0.2, 0.25) is 5.91 Å². The fourth-order valence-electron chi connectivity index (χ4n) is 6.14. The molecule has 2 fully saturated rings. The molecule has 1 aromatic carbocycles. The van der Waals surface area contributed by atoms with Crippen molar-refractivity contribution in [2.24, 2.45) is 5.41 Å². The Morgan fingerprint density at radius 2 is 1.79 bits per heavy atom. The Hall–Kier alpha value is -3.18. The Bertz CT molecular complexity index is 1220. The number of benzene rings is 1. The van der Waals surface area contributed by atoms with Gasteiger partial charge in [-0.25, -0.2) is 9.78 Å². The second-order valence-electron chi connectivity index (χ2n) is 10.6. The Morgan fingerprint density at radius 1 is 1.13 bits per heavy atom. The molecule has 39 heavy (non-hydrogen) atoms. The van der Waals surface area contributed by atoms with Gasteiger partial charge < -0.3 is 24.9 Å². The highest BCUT2D eigenvalue weighted by Crippen LogP contribution is 2.49. The number of pyridine rings is 1. The Kier molecular flexibility index (Phi) is 8.22. The number of rotatable bonds is 7. The van der Waals surface area contributed by atoms with Crippen LogP contribution in [0.5, 0.6) is 0 Å². The molecule has 0 spiro atoms. The third-order valence-electron chi connectivity index (χ3n) is 7.97. The summed E-state index contributed by atoms with van der Waals surface area (Å²) in [6, 6.07) is 8.85. The van der Waals surface area contributed by atoms with E-state index in [0.29, 0.717) is 12.0 Å². The number of amides is 3. The number of fused-ring (bicyclic) bond motifs is 1. The summed E-state index contributed by atoms with van der Waals surface area (Å²) < 4.78 is 40.0. The topological polar surface area (TPSA) is 97.2 Å². The van der Waals surface area contributed by atoms with E-state index in [-0.39, 0.29) is 69.4 Å². The summed E-state index contributed by atoms with van der Waals surface area (Å²) in [6.07, 6.45) is -3.79. The minimum absolute atomic E-state index is 0.118. The van der Waals surface area contributed by atoms with E-state index in [4.69, 9.17) is 0 Å². The Balaban J connectivity index is 1.67. The average Bonchev–Trinajstić information content (AvgIpc) is 3.14. The summed E-state index contributed by atoms with van der Waals surface area (Å²) in [4.78, 5) is 36.0. The predicted molar refractivity (Wildman–Crippen MR) is 137 cm³/mol. The number of halogens is 3. The zero-order valence-corrected chi connectivity index (χ0v) is 22.4. The van der Waals surface area contributed by atoms with Crippen LogP contribution in [0.15, 0.2) is 36.4 Å². The summed E-state index contributed by atoms with van der Waals surface area (Å²) in [5.74, 6) is -0.127. The molecule has 4 rings (SSSR count). The molecule has 2 aliphatic rings. The van der Waals surface area contributed by atoms with Crippen molar-refractivity contribution in [1.82, 2.24) is 19.7 Å². The van der Waals surface area contributed by atoms with Gasteiger partial charge in [-0.05, 0) is 61.9 Å². The van der Waals surface area contributed by atoms with Gasteiger partial charge in [0.1, 0.15) is 5.69 Å². The van der Waals surface area contributed by atoms with Crippen LogP contribution in [0.1, 0.15) is 53.4 Å². The number of carbonyl (C=O) groups excluding carboxylic acids is 2. The first-order valence-corrected chi connectivity index (χ1v) is 13.1. The smallest absolute Gasteiger partial charge is 0.396 e. The zero-order valence-electron chi connectivity index (χ0n) is 22.4. The van der Waals surface area contributed by atoms with Crippen LogP contribution in [0, 0.1) is 19.3 Å². The molecule has 0 aliphatic carbocycles. The van der Waals surface area contributed by atoms with Crippen LogP contribution < -0.4 is 0 Å². The van der Waals surface area contributed by atoms with Crippen LogP contribution in [-0.4, -0.2) is 81.2 Å². The highest BCUT2D eigenvalue weighted by molar-refractivity contribution is 5.86. The molecule has 0 unspecified atom stereocenters. The molecule has 11 heteroatoms. The summed E-state index contributed by atoms with van der Waals surface area (Å²) >= 11 is 0. The molecule has 2 aliphatic heterocycles. The first-order valence-electron chi connectivity index (χ1n) is 13.1.